The zero-order valence-corrected chi connectivity index (χ0v) is 8.13. The van der Waals surface area contributed by atoms with Gasteiger partial charge in [-0.2, -0.15) is 0 Å². The van der Waals surface area contributed by atoms with Crippen molar-refractivity contribution in [1.29, 1.82) is 0 Å². The molecule has 0 amide bonds. The Morgan fingerprint density at radius 2 is 1.67 bits per heavy atom. The van der Waals surface area contributed by atoms with E-state index in [1.165, 1.54) is 6.33 Å². The van der Waals surface area contributed by atoms with Gasteiger partial charge in [0.05, 0.1) is 12.4 Å². The van der Waals surface area contributed by atoms with Gasteiger partial charge in [-0.3, -0.25) is 0 Å². The molecule has 4 nitrogen and oxygen atoms in total. The highest BCUT2D eigenvalue weighted by atomic mass is 16.5. The largest absolute Gasteiger partial charge is 0.454 e. The van der Waals surface area contributed by atoms with Crippen molar-refractivity contribution in [2.75, 3.05) is 0 Å². The summed E-state index contributed by atoms with van der Waals surface area (Å²) in [5, 5.41) is 0. The minimum absolute atomic E-state index is 0.536. The van der Waals surface area contributed by atoms with Gasteiger partial charge in [0, 0.05) is 6.54 Å². The number of hydrogen-bond donors (Lipinski definition) is 1. The van der Waals surface area contributed by atoms with Crippen LogP contribution in [0, 0.1) is 0 Å². The first-order valence-electron chi connectivity index (χ1n) is 4.60. The molecule has 1 aromatic carbocycles. The van der Waals surface area contributed by atoms with E-state index >= 15 is 0 Å². The van der Waals surface area contributed by atoms with E-state index in [4.69, 9.17) is 10.5 Å². The Morgan fingerprint density at radius 1 is 1.00 bits per heavy atom. The first-order valence-corrected chi connectivity index (χ1v) is 4.60. The average molecular weight is 201 g/mol. The molecule has 0 atom stereocenters. The predicted octanol–water partition coefficient (Wildman–Crippen LogP) is 1.73. The lowest BCUT2D eigenvalue weighted by molar-refractivity contribution is 0.477. The van der Waals surface area contributed by atoms with Gasteiger partial charge in [-0.1, -0.05) is 12.1 Å². The predicted molar refractivity (Wildman–Crippen MR) is 56.4 cm³/mol. The maximum absolute atomic E-state index is 5.51. The van der Waals surface area contributed by atoms with Gasteiger partial charge in [-0.25, -0.2) is 9.97 Å². The zero-order valence-electron chi connectivity index (χ0n) is 8.13. The Balaban J connectivity index is 2.11. The Morgan fingerprint density at radius 3 is 2.27 bits per heavy atom. The van der Waals surface area contributed by atoms with Gasteiger partial charge in [0.2, 0.25) is 0 Å². The van der Waals surface area contributed by atoms with Crippen LogP contribution in [0.3, 0.4) is 0 Å². The van der Waals surface area contributed by atoms with Gasteiger partial charge in [-0.15, -0.1) is 0 Å². The fourth-order valence-electron chi connectivity index (χ4n) is 1.17. The molecular weight excluding hydrogens is 190 g/mol. The Hall–Kier alpha value is -1.94. The summed E-state index contributed by atoms with van der Waals surface area (Å²) in [5.74, 6) is 1.37. The van der Waals surface area contributed by atoms with E-state index in [9.17, 15) is 0 Å². The average Bonchev–Trinajstić information content (AvgIpc) is 2.31. The second-order valence-corrected chi connectivity index (χ2v) is 3.02. The van der Waals surface area contributed by atoms with Crippen LogP contribution in [0.2, 0.25) is 0 Å². The van der Waals surface area contributed by atoms with Crippen LogP contribution in [0.15, 0.2) is 43.0 Å². The van der Waals surface area contributed by atoms with Crippen LogP contribution in [0.1, 0.15) is 5.56 Å². The minimum Gasteiger partial charge on any atom is -0.454 e. The molecule has 1 aromatic heterocycles. The molecule has 0 spiro atoms. The maximum Gasteiger partial charge on any atom is 0.163 e. The standard InChI is InChI=1S/C11H11N3O/c12-5-9-1-3-10(4-2-9)15-11-6-13-8-14-7-11/h1-4,6-8H,5,12H2. The molecule has 1 heterocycles. The van der Waals surface area contributed by atoms with Crippen LogP contribution in [-0.4, -0.2) is 9.97 Å². The summed E-state index contributed by atoms with van der Waals surface area (Å²) in [7, 11) is 0. The normalized spacial score (nSPS) is 9.93. The SMILES string of the molecule is NCc1ccc(Oc2cncnc2)cc1. The third-order valence-corrected chi connectivity index (χ3v) is 1.93. The molecule has 0 aliphatic carbocycles. The summed E-state index contributed by atoms with van der Waals surface area (Å²) in [5.41, 5.74) is 6.57. The van der Waals surface area contributed by atoms with Crippen molar-refractivity contribution >= 4 is 0 Å². The van der Waals surface area contributed by atoms with Crippen molar-refractivity contribution in [3.05, 3.63) is 48.5 Å². The number of aromatic nitrogens is 2. The quantitative estimate of drug-likeness (QED) is 0.821. The van der Waals surface area contributed by atoms with Crippen molar-refractivity contribution < 1.29 is 4.74 Å². The molecule has 0 fully saturated rings. The third-order valence-electron chi connectivity index (χ3n) is 1.93. The van der Waals surface area contributed by atoms with Gasteiger partial charge in [-0.05, 0) is 17.7 Å². The summed E-state index contributed by atoms with van der Waals surface area (Å²) < 4.78 is 5.51. The van der Waals surface area contributed by atoms with Crippen molar-refractivity contribution in [3.63, 3.8) is 0 Å². The first kappa shape index (κ1) is 9.61. The van der Waals surface area contributed by atoms with E-state index in [2.05, 4.69) is 9.97 Å². The Bertz CT molecular complexity index is 414. The van der Waals surface area contributed by atoms with E-state index in [-0.39, 0.29) is 0 Å². The fraction of sp³-hybridized carbons (Fsp3) is 0.0909. The summed E-state index contributed by atoms with van der Waals surface area (Å²) in [6.07, 6.45) is 4.69. The number of nitrogens with two attached hydrogens (primary N) is 1. The van der Waals surface area contributed by atoms with E-state index in [0.717, 1.165) is 11.3 Å². The lowest BCUT2D eigenvalue weighted by Gasteiger charge is -2.04. The Kier molecular flexibility index (Phi) is 2.90. The van der Waals surface area contributed by atoms with Crippen LogP contribution >= 0.6 is 0 Å². The summed E-state index contributed by atoms with van der Waals surface area (Å²) in [4.78, 5) is 7.72. The molecule has 0 saturated carbocycles. The molecular formula is C11H11N3O. The first-order chi connectivity index (χ1) is 7.38. The summed E-state index contributed by atoms with van der Waals surface area (Å²) in [6.45, 7) is 0.536. The van der Waals surface area contributed by atoms with E-state index < -0.39 is 0 Å². The molecule has 15 heavy (non-hydrogen) atoms. The van der Waals surface area contributed by atoms with Crippen LogP contribution in [-0.2, 0) is 6.54 Å². The zero-order chi connectivity index (χ0) is 10.5. The molecule has 0 aliphatic heterocycles. The molecule has 4 heteroatoms. The van der Waals surface area contributed by atoms with Gasteiger partial charge in [0.1, 0.15) is 12.1 Å². The minimum atomic E-state index is 0.536. The van der Waals surface area contributed by atoms with Crippen LogP contribution in [0.4, 0.5) is 0 Å². The topological polar surface area (TPSA) is 61.0 Å². The lowest BCUT2D eigenvalue weighted by Crippen LogP contribution is -1.95. The van der Waals surface area contributed by atoms with Crippen LogP contribution in [0.25, 0.3) is 0 Å². The van der Waals surface area contributed by atoms with E-state index in [0.29, 0.717) is 12.3 Å². The van der Waals surface area contributed by atoms with E-state index in [1.54, 1.807) is 12.4 Å². The maximum atomic E-state index is 5.51. The molecule has 0 saturated heterocycles. The lowest BCUT2D eigenvalue weighted by atomic mass is 10.2. The molecule has 0 radical (unpaired) electrons. The monoisotopic (exact) mass is 201 g/mol. The van der Waals surface area contributed by atoms with Crippen LogP contribution in [0.5, 0.6) is 11.5 Å². The van der Waals surface area contributed by atoms with Gasteiger partial charge >= 0.3 is 0 Å². The number of benzene rings is 1. The molecule has 76 valence electrons. The van der Waals surface area contributed by atoms with Gasteiger partial charge < -0.3 is 10.5 Å². The molecule has 0 unspecified atom stereocenters. The van der Waals surface area contributed by atoms with Crippen molar-refractivity contribution in [1.82, 2.24) is 9.97 Å². The van der Waals surface area contributed by atoms with Crippen molar-refractivity contribution in [2.45, 2.75) is 6.54 Å². The van der Waals surface area contributed by atoms with Gasteiger partial charge in [0.25, 0.3) is 0 Å². The smallest absolute Gasteiger partial charge is 0.163 e. The number of ether oxygens (including phenoxy) is 1. The third kappa shape index (κ3) is 2.51. The summed E-state index contributed by atoms with van der Waals surface area (Å²) in [6, 6.07) is 7.60. The number of hydrogen-bond acceptors (Lipinski definition) is 4. The molecule has 2 aromatic rings. The molecule has 0 bridgehead atoms. The van der Waals surface area contributed by atoms with Crippen molar-refractivity contribution in [2.24, 2.45) is 5.73 Å². The highest BCUT2D eigenvalue weighted by molar-refractivity contribution is 5.30. The fourth-order valence-corrected chi connectivity index (χ4v) is 1.17. The van der Waals surface area contributed by atoms with E-state index in [1.807, 2.05) is 24.3 Å². The van der Waals surface area contributed by atoms with Gasteiger partial charge in [0.15, 0.2) is 5.75 Å². The number of nitrogens with zero attached hydrogens (tertiary/aromatic N) is 2. The number of rotatable bonds is 3. The highest BCUT2D eigenvalue weighted by Gasteiger charge is 1.96. The highest BCUT2D eigenvalue weighted by Crippen LogP contribution is 2.19. The molecule has 2 N–H and O–H groups in total. The molecule has 2 rings (SSSR count). The van der Waals surface area contributed by atoms with Crippen molar-refractivity contribution in [3.8, 4) is 11.5 Å². The second-order valence-electron chi connectivity index (χ2n) is 3.02. The second kappa shape index (κ2) is 4.52. The molecule has 0 aliphatic rings. The van der Waals surface area contributed by atoms with Crippen LogP contribution < -0.4 is 10.5 Å². The Labute approximate surface area is 87.7 Å². The summed E-state index contributed by atoms with van der Waals surface area (Å²) >= 11 is 0.